The van der Waals surface area contributed by atoms with Gasteiger partial charge in [0.1, 0.15) is 0 Å². The summed E-state index contributed by atoms with van der Waals surface area (Å²) in [7, 11) is 0. The summed E-state index contributed by atoms with van der Waals surface area (Å²) >= 11 is 0. The number of ether oxygens (including phenoxy) is 1. The highest BCUT2D eigenvalue weighted by atomic mass is 35.5. The molecule has 1 rings (SSSR count). The average molecular weight is 168 g/mol. The highest BCUT2D eigenvalue weighted by Gasteiger charge is 2.16. The highest BCUT2D eigenvalue weighted by molar-refractivity contribution is 5.85. The molecule has 1 aliphatic rings. The molecule has 62 valence electrons. The third-order valence-electron chi connectivity index (χ3n) is 1.65. The van der Waals surface area contributed by atoms with Crippen LogP contribution in [-0.4, -0.2) is 30.5 Å². The van der Waals surface area contributed by atoms with Crippen molar-refractivity contribution in [1.29, 1.82) is 0 Å². The molecule has 0 unspecified atom stereocenters. The first-order chi connectivity index (χ1) is 4.30. The third-order valence-corrected chi connectivity index (χ3v) is 1.65. The minimum atomic E-state index is -0.354. The standard InChI is InChI=1S/C6H13NO2.ClH/c7-5-1-3-9-4-2-6(5)8;/h5-6,8H,1-4,7H2;1H/t5-,6-;/m0./s1. The van der Waals surface area contributed by atoms with Crippen LogP contribution in [0.3, 0.4) is 0 Å². The Labute approximate surface area is 67.0 Å². The number of aliphatic hydroxyl groups excluding tert-OH is 1. The molecule has 2 atom stereocenters. The summed E-state index contributed by atoms with van der Waals surface area (Å²) in [4.78, 5) is 0. The van der Waals surface area contributed by atoms with E-state index >= 15 is 0 Å². The lowest BCUT2D eigenvalue weighted by atomic mass is 10.1. The molecule has 0 amide bonds. The fraction of sp³-hybridized carbons (Fsp3) is 1.00. The van der Waals surface area contributed by atoms with Crippen molar-refractivity contribution < 1.29 is 9.84 Å². The third kappa shape index (κ3) is 2.84. The molecule has 0 bridgehead atoms. The van der Waals surface area contributed by atoms with Gasteiger partial charge in [-0.25, -0.2) is 0 Å². The maximum absolute atomic E-state index is 9.15. The van der Waals surface area contributed by atoms with Gasteiger partial charge in [-0.05, 0) is 12.8 Å². The van der Waals surface area contributed by atoms with Gasteiger partial charge in [-0.1, -0.05) is 0 Å². The molecular formula is C6H14ClNO2. The van der Waals surface area contributed by atoms with Crippen molar-refractivity contribution in [2.45, 2.75) is 25.0 Å². The van der Waals surface area contributed by atoms with Gasteiger partial charge in [0.25, 0.3) is 0 Å². The van der Waals surface area contributed by atoms with E-state index in [9.17, 15) is 0 Å². The molecule has 0 aromatic heterocycles. The number of nitrogens with two attached hydrogens (primary N) is 1. The smallest absolute Gasteiger partial charge is 0.0713 e. The van der Waals surface area contributed by atoms with E-state index in [0.29, 0.717) is 19.6 Å². The van der Waals surface area contributed by atoms with Crippen molar-refractivity contribution in [2.75, 3.05) is 13.2 Å². The summed E-state index contributed by atoms with van der Waals surface area (Å²) in [5.74, 6) is 0. The fourth-order valence-electron chi connectivity index (χ4n) is 0.932. The summed E-state index contributed by atoms with van der Waals surface area (Å²) < 4.78 is 5.10. The first-order valence-corrected chi connectivity index (χ1v) is 3.32. The second kappa shape index (κ2) is 4.91. The number of rotatable bonds is 0. The Bertz CT molecular complexity index is 81.8. The normalized spacial score (nSPS) is 34.2. The van der Waals surface area contributed by atoms with E-state index < -0.39 is 0 Å². The van der Waals surface area contributed by atoms with Crippen molar-refractivity contribution in [3.05, 3.63) is 0 Å². The van der Waals surface area contributed by atoms with E-state index in [1.165, 1.54) is 0 Å². The predicted octanol–water partition coefficient (Wildman–Crippen LogP) is -0.0932. The van der Waals surface area contributed by atoms with Gasteiger partial charge in [-0.15, -0.1) is 12.4 Å². The molecule has 1 fully saturated rings. The topological polar surface area (TPSA) is 55.5 Å². The SMILES string of the molecule is Cl.N[C@H]1CCOCC[C@@H]1O. The van der Waals surface area contributed by atoms with Crippen LogP contribution in [0.1, 0.15) is 12.8 Å². The van der Waals surface area contributed by atoms with E-state index in [2.05, 4.69) is 0 Å². The Balaban J connectivity index is 0.000000810. The van der Waals surface area contributed by atoms with Gasteiger partial charge in [0.05, 0.1) is 6.10 Å². The Morgan fingerprint density at radius 2 is 1.90 bits per heavy atom. The summed E-state index contributed by atoms with van der Waals surface area (Å²) in [5.41, 5.74) is 5.55. The zero-order valence-corrected chi connectivity index (χ0v) is 6.64. The quantitative estimate of drug-likeness (QED) is 0.530. The van der Waals surface area contributed by atoms with Crippen molar-refractivity contribution in [1.82, 2.24) is 0 Å². The molecule has 0 aromatic rings. The van der Waals surface area contributed by atoms with Crippen LogP contribution < -0.4 is 5.73 Å². The molecule has 10 heavy (non-hydrogen) atoms. The van der Waals surface area contributed by atoms with Crippen molar-refractivity contribution in [2.24, 2.45) is 5.73 Å². The van der Waals surface area contributed by atoms with Crippen LogP contribution in [0, 0.1) is 0 Å². The van der Waals surface area contributed by atoms with E-state index in [1.54, 1.807) is 0 Å². The number of hydrogen-bond acceptors (Lipinski definition) is 3. The monoisotopic (exact) mass is 167 g/mol. The van der Waals surface area contributed by atoms with Gasteiger partial charge in [-0.2, -0.15) is 0 Å². The summed E-state index contributed by atoms with van der Waals surface area (Å²) in [6, 6.07) is -0.0764. The maximum Gasteiger partial charge on any atom is 0.0713 e. The van der Waals surface area contributed by atoms with Gasteiger partial charge in [0, 0.05) is 19.3 Å². The van der Waals surface area contributed by atoms with Crippen LogP contribution >= 0.6 is 12.4 Å². The Morgan fingerprint density at radius 1 is 1.30 bits per heavy atom. The first kappa shape index (κ1) is 10.2. The largest absolute Gasteiger partial charge is 0.391 e. The van der Waals surface area contributed by atoms with Crippen LogP contribution in [0.2, 0.25) is 0 Å². The van der Waals surface area contributed by atoms with E-state index in [1.807, 2.05) is 0 Å². The number of hydrogen-bond donors (Lipinski definition) is 2. The van der Waals surface area contributed by atoms with Gasteiger partial charge < -0.3 is 15.6 Å². The molecule has 0 aromatic carbocycles. The van der Waals surface area contributed by atoms with E-state index in [0.717, 1.165) is 6.42 Å². The lowest BCUT2D eigenvalue weighted by Crippen LogP contribution is -2.33. The Hall–Kier alpha value is 0.170. The van der Waals surface area contributed by atoms with Crippen LogP contribution in [-0.2, 0) is 4.74 Å². The second-order valence-corrected chi connectivity index (χ2v) is 2.42. The zero-order valence-electron chi connectivity index (χ0n) is 5.82. The van der Waals surface area contributed by atoms with Crippen molar-refractivity contribution >= 4 is 12.4 Å². The molecule has 1 saturated heterocycles. The molecule has 3 N–H and O–H groups in total. The molecule has 1 heterocycles. The average Bonchev–Trinajstić information content (AvgIpc) is 1.99. The number of halogens is 1. The number of aliphatic hydroxyl groups is 1. The molecule has 3 nitrogen and oxygen atoms in total. The Morgan fingerprint density at radius 3 is 2.60 bits per heavy atom. The van der Waals surface area contributed by atoms with Gasteiger partial charge in [0.15, 0.2) is 0 Å². The summed E-state index contributed by atoms with van der Waals surface area (Å²) in [5, 5.41) is 9.15. The van der Waals surface area contributed by atoms with Gasteiger partial charge in [0.2, 0.25) is 0 Å². The molecule has 1 aliphatic heterocycles. The van der Waals surface area contributed by atoms with Crippen LogP contribution in [0.4, 0.5) is 0 Å². The minimum Gasteiger partial charge on any atom is -0.391 e. The van der Waals surface area contributed by atoms with Crippen molar-refractivity contribution in [3.63, 3.8) is 0 Å². The molecule has 0 radical (unpaired) electrons. The fourth-order valence-corrected chi connectivity index (χ4v) is 0.932. The maximum atomic E-state index is 9.15. The summed E-state index contributed by atoms with van der Waals surface area (Å²) in [6.45, 7) is 1.34. The van der Waals surface area contributed by atoms with Gasteiger partial charge in [-0.3, -0.25) is 0 Å². The lowest BCUT2D eigenvalue weighted by molar-refractivity contribution is 0.114. The van der Waals surface area contributed by atoms with E-state index in [-0.39, 0.29) is 24.6 Å². The van der Waals surface area contributed by atoms with Crippen LogP contribution in [0.25, 0.3) is 0 Å². The summed E-state index contributed by atoms with van der Waals surface area (Å²) in [6.07, 6.45) is 1.11. The lowest BCUT2D eigenvalue weighted by Gasteiger charge is -2.12. The van der Waals surface area contributed by atoms with Crippen molar-refractivity contribution in [3.8, 4) is 0 Å². The minimum absolute atomic E-state index is 0. The molecular weight excluding hydrogens is 154 g/mol. The van der Waals surface area contributed by atoms with E-state index in [4.69, 9.17) is 15.6 Å². The zero-order chi connectivity index (χ0) is 6.69. The predicted molar refractivity (Wildman–Crippen MR) is 41.3 cm³/mol. The first-order valence-electron chi connectivity index (χ1n) is 3.32. The molecule has 4 heteroatoms. The van der Waals surface area contributed by atoms with Gasteiger partial charge >= 0.3 is 0 Å². The Kier molecular flexibility index (Phi) is 4.99. The van der Waals surface area contributed by atoms with Crippen LogP contribution in [0.15, 0.2) is 0 Å². The molecule has 0 spiro atoms. The molecule has 0 aliphatic carbocycles. The highest BCUT2D eigenvalue weighted by Crippen LogP contribution is 2.05. The van der Waals surface area contributed by atoms with Crippen LogP contribution in [0.5, 0.6) is 0 Å². The molecule has 0 saturated carbocycles. The second-order valence-electron chi connectivity index (χ2n) is 2.42.